The fraction of sp³-hybridized carbons (Fsp3) is 0.0652. The molecule has 28 rings (SSSR count). The molecule has 12 aromatic carbocycles. The van der Waals surface area contributed by atoms with E-state index < -0.39 is 0 Å². The second-order valence-corrected chi connectivity index (χ2v) is 29.3. The number of nitrogens with zero attached hydrogens (tertiary/aromatic N) is 25. The van der Waals surface area contributed by atoms with Crippen molar-refractivity contribution in [2.75, 3.05) is 0 Å². The fourth-order valence-corrected chi connectivity index (χ4v) is 17.7. The summed E-state index contributed by atoms with van der Waals surface area (Å²) in [5.41, 5.74) is 23.6. The van der Waals surface area contributed by atoms with Crippen LogP contribution < -0.4 is 0 Å². The lowest BCUT2D eigenvalue weighted by Gasteiger charge is -1.98. The van der Waals surface area contributed by atoms with E-state index in [9.17, 15) is 0 Å². The number of thiazole rings is 1. The number of hydrogen-bond donors (Lipinski definition) is 0. The van der Waals surface area contributed by atoms with E-state index in [0.29, 0.717) is 59.0 Å². The first-order chi connectivity index (χ1) is 60.4. The van der Waals surface area contributed by atoms with Gasteiger partial charge in [-0.05, 0) is 163 Å². The van der Waals surface area contributed by atoms with Gasteiger partial charge in [-0.15, -0.1) is 0 Å². The zero-order chi connectivity index (χ0) is 81.5. The number of aromatic nitrogens is 25. The molecular weight excluding hydrogens is 1550 g/mol. The molecule has 16 heterocycles. The normalized spacial score (nSPS) is 11.9. The van der Waals surface area contributed by atoms with E-state index >= 15 is 0 Å². The van der Waals surface area contributed by atoms with E-state index in [1.54, 1.807) is 25.2 Å². The van der Waals surface area contributed by atoms with Gasteiger partial charge in [-0.3, -0.25) is 26.4 Å². The largest absolute Gasteiger partial charge is 0.339 e. The molecule has 0 aliphatic heterocycles. The molecule has 16 aromatic heterocycles. The number of benzene rings is 12. The number of imidazole rings is 11. The van der Waals surface area contributed by atoms with Gasteiger partial charge in [0.05, 0.1) is 132 Å². The van der Waals surface area contributed by atoms with Crippen LogP contribution in [0, 0.1) is 13.8 Å². The molecular formula is C92H65N25O4S. The van der Waals surface area contributed by atoms with E-state index in [1.807, 2.05) is 257 Å². The maximum Gasteiger partial charge on any atom is 0.337 e. The van der Waals surface area contributed by atoms with Crippen LogP contribution in [0.25, 0.3) is 207 Å². The van der Waals surface area contributed by atoms with Gasteiger partial charge in [0.2, 0.25) is 40.6 Å². The lowest BCUT2D eigenvalue weighted by atomic mass is 10.1. The van der Waals surface area contributed by atoms with Gasteiger partial charge in [0, 0.05) is 6.92 Å². The second kappa shape index (κ2) is 28.0. The highest BCUT2D eigenvalue weighted by Gasteiger charge is 2.29. The summed E-state index contributed by atoms with van der Waals surface area (Å²) in [7, 11) is 0. The molecule has 0 aliphatic carbocycles. The van der Waals surface area contributed by atoms with Gasteiger partial charge in [0.15, 0.2) is 10.8 Å². The van der Waals surface area contributed by atoms with Crippen molar-refractivity contribution in [3.8, 4) is 41.3 Å². The Labute approximate surface area is 690 Å². The molecule has 0 saturated heterocycles. The SMILES string of the molecule is CC.CC.Cc1nc(-c2cccc3c2nc2sc4ccccc4n23)no1.Cc1noc(-n2c3ccccc3n3c4ccccc4nc23)n1.c1ccc2c(c1)nc1n(-c3noc(-n4c5ccccc5n5c6ccccc6nc45)n3)c3ccccc3n21.c1ccc2c(c1)nc1n(-c3noc(-n4c5ccccc5n5c6ccccc6nc45)n3)c3ccccc3n21. The molecule has 0 fully saturated rings. The van der Waals surface area contributed by atoms with Gasteiger partial charge in [-0.25, -0.2) is 52.7 Å². The highest BCUT2D eigenvalue weighted by molar-refractivity contribution is 7.23. The highest BCUT2D eigenvalue weighted by atomic mass is 32.1. The van der Waals surface area contributed by atoms with Crippen molar-refractivity contribution < 1.29 is 18.1 Å². The zero-order valence-corrected chi connectivity index (χ0v) is 66.7. The van der Waals surface area contributed by atoms with E-state index in [-0.39, 0.29) is 0 Å². The summed E-state index contributed by atoms with van der Waals surface area (Å²) >= 11 is 1.68. The first-order valence-electron chi connectivity index (χ1n) is 39.8. The Balaban J connectivity index is 0.0000000957. The maximum absolute atomic E-state index is 5.91. The van der Waals surface area contributed by atoms with E-state index in [0.717, 1.165) is 149 Å². The van der Waals surface area contributed by atoms with Gasteiger partial charge in [0.1, 0.15) is 5.52 Å². The minimum Gasteiger partial charge on any atom is -0.339 e. The van der Waals surface area contributed by atoms with Gasteiger partial charge in [-0.2, -0.15) is 19.9 Å². The van der Waals surface area contributed by atoms with Crippen molar-refractivity contribution in [1.82, 2.24) is 120 Å². The molecule has 30 heteroatoms. The second-order valence-electron chi connectivity index (χ2n) is 28.3. The Bertz CT molecular complexity index is 8290. The van der Waals surface area contributed by atoms with Crippen LogP contribution in [0.15, 0.2) is 303 Å². The summed E-state index contributed by atoms with van der Waals surface area (Å²) in [5, 5.41) is 16.8. The van der Waals surface area contributed by atoms with Crippen molar-refractivity contribution >= 4 is 177 Å². The predicted octanol–water partition coefficient (Wildman–Crippen LogP) is 20.4. The molecule has 0 bridgehead atoms. The summed E-state index contributed by atoms with van der Waals surface area (Å²) in [6.07, 6.45) is 0. The summed E-state index contributed by atoms with van der Waals surface area (Å²) in [6.45, 7) is 11.6. The van der Waals surface area contributed by atoms with Crippen LogP contribution in [0.4, 0.5) is 0 Å². The smallest absolute Gasteiger partial charge is 0.337 e. The Morgan fingerprint density at radius 2 is 0.541 bits per heavy atom. The van der Waals surface area contributed by atoms with E-state index in [4.69, 9.17) is 58.0 Å². The van der Waals surface area contributed by atoms with Crippen LogP contribution in [0.5, 0.6) is 0 Å². The molecule has 0 amide bonds. The molecule has 0 atom stereocenters. The van der Waals surface area contributed by atoms with Crippen molar-refractivity contribution in [1.29, 1.82) is 0 Å². The third-order valence-corrected chi connectivity index (χ3v) is 22.6. The minimum absolute atomic E-state index is 0.337. The quantitative estimate of drug-likeness (QED) is 0.149. The molecule has 0 N–H and O–H groups in total. The minimum atomic E-state index is 0.337. The molecule has 29 nitrogen and oxygen atoms in total. The number of hydrogen-bond acceptors (Lipinski definition) is 19. The third-order valence-electron chi connectivity index (χ3n) is 21.6. The number of rotatable bonds is 6. The van der Waals surface area contributed by atoms with Crippen LogP contribution in [-0.2, 0) is 0 Å². The van der Waals surface area contributed by atoms with Crippen molar-refractivity contribution in [2.45, 2.75) is 41.5 Å². The Hall–Kier alpha value is -16.8. The fourth-order valence-electron chi connectivity index (χ4n) is 16.7. The van der Waals surface area contributed by atoms with Gasteiger partial charge in [-0.1, -0.05) is 189 Å². The summed E-state index contributed by atoms with van der Waals surface area (Å²) in [5.74, 6) is 6.20. The number of para-hydroxylation sites is 22. The van der Waals surface area contributed by atoms with Crippen LogP contribution in [-0.4, -0.2) is 120 Å². The highest BCUT2D eigenvalue weighted by Crippen LogP contribution is 2.38. The van der Waals surface area contributed by atoms with Crippen LogP contribution in [0.2, 0.25) is 0 Å². The number of fused-ring (bicyclic) bond motifs is 30. The zero-order valence-electron chi connectivity index (χ0n) is 65.9. The van der Waals surface area contributed by atoms with E-state index in [1.165, 1.54) is 10.2 Å². The maximum atomic E-state index is 5.91. The Morgan fingerprint density at radius 1 is 0.238 bits per heavy atom. The number of aryl methyl sites for hydroxylation is 2. The first-order valence-corrected chi connectivity index (χ1v) is 40.6. The van der Waals surface area contributed by atoms with Crippen molar-refractivity contribution in [3.63, 3.8) is 0 Å². The molecule has 122 heavy (non-hydrogen) atoms. The van der Waals surface area contributed by atoms with Crippen molar-refractivity contribution in [3.05, 3.63) is 297 Å². The Morgan fingerprint density at radius 3 is 0.893 bits per heavy atom. The van der Waals surface area contributed by atoms with Crippen molar-refractivity contribution in [2.24, 2.45) is 0 Å². The molecule has 588 valence electrons. The molecule has 28 aromatic rings. The molecule has 0 spiro atoms. The molecule has 0 unspecified atom stereocenters. The summed E-state index contributed by atoms with van der Waals surface area (Å²) in [6, 6.07) is 96.5. The average Bonchev–Trinajstić information content (AvgIpc) is 1.57. The van der Waals surface area contributed by atoms with Crippen LogP contribution >= 0.6 is 11.3 Å². The summed E-state index contributed by atoms with van der Waals surface area (Å²) in [4.78, 5) is 48.6. The predicted molar refractivity (Wildman–Crippen MR) is 472 cm³/mol. The van der Waals surface area contributed by atoms with Gasteiger partial charge in [0.25, 0.3) is 11.9 Å². The van der Waals surface area contributed by atoms with Gasteiger partial charge >= 0.3 is 18.0 Å². The standard InChI is InChI=1S/2C28H16N8O.C16H11N5O.C16H10N4OS.2C2H6/c2*1-3-11-19-17(9-1)29-26-33(19)21-13-5-7-15-23(21)35(26)25-31-28(37-32-25)36-24-16-8-6-14-22(24)34-20-12-4-2-10-18(20)30-27(34)36;1-10-17-16(22-19-10)21-14-9-5-4-8-13(14)20-12-7-3-2-6-11(12)18-15(20)21;1-9-17-15(19-21-9)10-5-4-7-12-14(10)18-16-20(12)11-6-2-3-8-13(11)22-16;2*1-2/h2*1-16H;2-9H,1H3;2-8H,1H3;2*1-2H3. The lowest BCUT2D eigenvalue weighted by Crippen LogP contribution is -1.99. The first kappa shape index (κ1) is 70.6. The van der Waals surface area contributed by atoms with Crippen LogP contribution in [0.1, 0.15) is 39.4 Å². The van der Waals surface area contributed by atoms with Crippen LogP contribution in [0.3, 0.4) is 0 Å². The monoisotopic (exact) mass is 1620 g/mol. The lowest BCUT2D eigenvalue weighted by molar-refractivity contribution is 0.394. The third kappa shape index (κ3) is 10.7. The Kier molecular flexibility index (Phi) is 16.2. The topological polar surface area (TPSA) is 284 Å². The van der Waals surface area contributed by atoms with Gasteiger partial charge < -0.3 is 18.1 Å². The average molecular weight is 1620 g/mol. The molecule has 0 saturated carbocycles. The summed E-state index contributed by atoms with van der Waals surface area (Å²) < 4.78 is 45.9. The molecule has 0 radical (unpaired) electrons. The van der Waals surface area contributed by atoms with E-state index in [2.05, 4.69) is 136 Å². The molecule has 0 aliphatic rings.